The van der Waals surface area contributed by atoms with Crippen molar-refractivity contribution in [2.24, 2.45) is 0 Å². The molecular formula is C8H10N2O2. The molecule has 0 aromatic carbocycles. The molecule has 4 nitrogen and oxygen atoms in total. The van der Waals surface area contributed by atoms with Gasteiger partial charge in [0.15, 0.2) is 6.29 Å². The van der Waals surface area contributed by atoms with E-state index in [9.17, 15) is 4.79 Å². The Morgan fingerprint density at radius 3 is 3.25 bits per heavy atom. The van der Waals surface area contributed by atoms with Gasteiger partial charge in [0.2, 0.25) is 0 Å². The van der Waals surface area contributed by atoms with Gasteiger partial charge in [-0.05, 0) is 6.42 Å². The average molecular weight is 166 g/mol. The van der Waals surface area contributed by atoms with Gasteiger partial charge in [-0.2, -0.15) is 0 Å². The zero-order chi connectivity index (χ0) is 8.39. The highest BCUT2D eigenvalue weighted by molar-refractivity contribution is 5.70. The molecule has 4 heteroatoms. The van der Waals surface area contributed by atoms with E-state index >= 15 is 0 Å². The van der Waals surface area contributed by atoms with Crippen LogP contribution in [0, 0.1) is 0 Å². The van der Waals surface area contributed by atoms with Crippen LogP contribution in [0.5, 0.6) is 0 Å². The van der Waals surface area contributed by atoms with E-state index in [2.05, 4.69) is 4.98 Å². The fraction of sp³-hybridized carbons (Fsp3) is 0.500. The standard InChI is InChI=1S/C8H10N2O2/c11-4-7-3-10(6-9-7)8-1-2-12-5-8/h3-4,6,8H,1-2,5H2. The molecule has 1 aliphatic rings. The van der Waals surface area contributed by atoms with Crippen LogP contribution in [0.4, 0.5) is 0 Å². The van der Waals surface area contributed by atoms with E-state index in [0.717, 1.165) is 25.9 Å². The summed E-state index contributed by atoms with van der Waals surface area (Å²) in [4.78, 5) is 14.2. The first kappa shape index (κ1) is 7.49. The number of ether oxygens (including phenoxy) is 1. The number of rotatable bonds is 2. The van der Waals surface area contributed by atoms with Crippen molar-refractivity contribution in [3.8, 4) is 0 Å². The molecule has 0 N–H and O–H groups in total. The molecule has 1 aromatic rings. The van der Waals surface area contributed by atoms with Gasteiger partial charge < -0.3 is 9.30 Å². The first-order valence-electron chi connectivity index (χ1n) is 3.96. The minimum Gasteiger partial charge on any atom is -0.379 e. The molecule has 1 aromatic heterocycles. The molecule has 0 spiro atoms. The molecule has 0 amide bonds. The molecule has 0 radical (unpaired) electrons. The lowest BCUT2D eigenvalue weighted by atomic mass is 10.3. The summed E-state index contributed by atoms with van der Waals surface area (Å²) in [5.41, 5.74) is 0.488. The highest BCUT2D eigenvalue weighted by Gasteiger charge is 2.17. The maximum Gasteiger partial charge on any atom is 0.169 e. The number of aromatic nitrogens is 2. The third-order valence-electron chi connectivity index (χ3n) is 2.07. The normalized spacial score (nSPS) is 22.8. The Labute approximate surface area is 70.2 Å². The largest absolute Gasteiger partial charge is 0.379 e. The number of imidazole rings is 1. The molecule has 1 unspecified atom stereocenters. The SMILES string of the molecule is O=Cc1cn(C2CCOC2)cn1. The van der Waals surface area contributed by atoms with Gasteiger partial charge in [0.05, 0.1) is 19.0 Å². The van der Waals surface area contributed by atoms with Gasteiger partial charge in [-0.15, -0.1) is 0 Å². The van der Waals surface area contributed by atoms with Gasteiger partial charge in [-0.25, -0.2) is 4.98 Å². The number of carbonyl (C=O) groups excluding carboxylic acids is 1. The van der Waals surface area contributed by atoms with Crippen LogP contribution in [0.1, 0.15) is 23.0 Å². The fourth-order valence-corrected chi connectivity index (χ4v) is 1.37. The molecule has 1 atom stereocenters. The van der Waals surface area contributed by atoms with E-state index in [1.807, 2.05) is 4.57 Å². The molecule has 0 aliphatic carbocycles. The Hall–Kier alpha value is -1.16. The predicted octanol–water partition coefficient (Wildman–Crippen LogP) is 0.657. The van der Waals surface area contributed by atoms with Gasteiger partial charge in [-0.3, -0.25) is 4.79 Å². The third-order valence-corrected chi connectivity index (χ3v) is 2.07. The summed E-state index contributed by atoms with van der Waals surface area (Å²) < 4.78 is 7.16. The predicted molar refractivity (Wildman–Crippen MR) is 42.1 cm³/mol. The molecule has 0 saturated carbocycles. The Morgan fingerprint density at radius 2 is 2.67 bits per heavy atom. The second-order valence-electron chi connectivity index (χ2n) is 2.88. The summed E-state index contributed by atoms with van der Waals surface area (Å²) in [5.74, 6) is 0. The first-order chi connectivity index (χ1) is 5.90. The zero-order valence-corrected chi connectivity index (χ0v) is 6.64. The third kappa shape index (κ3) is 1.25. The zero-order valence-electron chi connectivity index (χ0n) is 6.64. The number of hydrogen-bond acceptors (Lipinski definition) is 3. The summed E-state index contributed by atoms with van der Waals surface area (Å²) in [6.07, 6.45) is 5.20. The lowest BCUT2D eigenvalue weighted by Gasteiger charge is -2.06. The average Bonchev–Trinajstić information content (AvgIpc) is 2.75. The quantitative estimate of drug-likeness (QED) is 0.606. The van der Waals surface area contributed by atoms with E-state index in [0.29, 0.717) is 11.7 Å². The van der Waals surface area contributed by atoms with Crippen LogP contribution in [-0.2, 0) is 4.74 Å². The number of aldehydes is 1. The minimum atomic E-state index is 0.367. The highest BCUT2D eigenvalue weighted by atomic mass is 16.5. The van der Waals surface area contributed by atoms with Gasteiger partial charge >= 0.3 is 0 Å². The van der Waals surface area contributed by atoms with E-state index < -0.39 is 0 Å². The molecule has 1 saturated heterocycles. The number of hydrogen-bond donors (Lipinski definition) is 0. The van der Waals surface area contributed by atoms with Crippen LogP contribution in [0.25, 0.3) is 0 Å². The van der Waals surface area contributed by atoms with Crippen molar-refractivity contribution in [1.29, 1.82) is 0 Å². The Morgan fingerprint density at radius 1 is 1.75 bits per heavy atom. The lowest BCUT2D eigenvalue weighted by molar-refractivity contribution is 0.111. The first-order valence-corrected chi connectivity index (χ1v) is 3.96. The second-order valence-corrected chi connectivity index (χ2v) is 2.88. The number of carbonyl (C=O) groups is 1. The Bertz CT molecular complexity index is 276. The van der Waals surface area contributed by atoms with Crippen molar-refractivity contribution in [2.45, 2.75) is 12.5 Å². The summed E-state index contributed by atoms with van der Waals surface area (Å²) in [6.45, 7) is 1.54. The summed E-state index contributed by atoms with van der Waals surface area (Å²) in [5, 5.41) is 0. The van der Waals surface area contributed by atoms with Crippen molar-refractivity contribution < 1.29 is 9.53 Å². The minimum absolute atomic E-state index is 0.367. The number of nitrogens with zero attached hydrogens (tertiary/aromatic N) is 2. The molecule has 1 aliphatic heterocycles. The Balaban J connectivity index is 2.16. The molecule has 64 valence electrons. The van der Waals surface area contributed by atoms with Crippen LogP contribution in [0.2, 0.25) is 0 Å². The molecule has 2 rings (SSSR count). The fourth-order valence-electron chi connectivity index (χ4n) is 1.37. The van der Waals surface area contributed by atoms with Crippen molar-refractivity contribution >= 4 is 6.29 Å². The van der Waals surface area contributed by atoms with Gasteiger partial charge in [0.25, 0.3) is 0 Å². The smallest absolute Gasteiger partial charge is 0.169 e. The summed E-state index contributed by atoms with van der Waals surface area (Å²) in [6, 6.07) is 0.367. The van der Waals surface area contributed by atoms with E-state index in [1.54, 1.807) is 12.5 Å². The second kappa shape index (κ2) is 3.06. The maximum absolute atomic E-state index is 10.3. The van der Waals surface area contributed by atoms with Crippen molar-refractivity contribution in [3.63, 3.8) is 0 Å². The molecular weight excluding hydrogens is 156 g/mol. The van der Waals surface area contributed by atoms with Gasteiger partial charge in [0.1, 0.15) is 5.69 Å². The van der Waals surface area contributed by atoms with Gasteiger partial charge in [-0.1, -0.05) is 0 Å². The topological polar surface area (TPSA) is 44.1 Å². The van der Waals surface area contributed by atoms with Crippen molar-refractivity contribution in [3.05, 3.63) is 18.2 Å². The lowest BCUT2D eigenvalue weighted by Crippen LogP contribution is -2.05. The molecule has 0 bridgehead atoms. The van der Waals surface area contributed by atoms with E-state index in [-0.39, 0.29) is 0 Å². The molecule has 12 heavy (non-hydrogen) atoms. The van der Waals surface area contributed by atoms with Crippen LogP contribution in [0.15, 0.2) is 12.5 Å². The summed E-state index contributed by atoms with van der Waals surface area (Å²) in [7, 11) is 0. The van der Waals surface area contributed by atoms with Gasteiger partial charge in [0, 0.05) is 12.8 Å². The van der Waals surface area contributed by atoms with Crippen LogP contribution in [0.3, 0.4) is 0 Å². The van der Waals surface area contributed by atoms with Crippen LogP contribution < -0.4 is 0 Å². The monoisotopic (exact) mass is 166 g/mol. The molecule has 2 heterocycles. The van der Waals surface area contributed by atoms with E-state index in [1.165, 1.54) is 0 Å². The van der Waals surface area contributed by atoms with Crippen LogP contribution in [-0.4, -0.2) is 29.1 Å². The van der Waals surface area contributed by atoms with Crippen molar-refractivity contribution in [1.82, 2.24) is 9.55 Å². The van der Waals surface area contributed by atoms with Crippen molar-refractivity contribution in [2.75, 3.05) is 13.2 Å². The maximum atomic E-state index is 10.3. The molecule has 1 fully saturated rings. The van der Waals surface area contributed by atoms with Crippen LogP contribution >= 0.6 is 0 Å². The summed E-state index contributed by atoms with van der Waals surface area (Å²) >= 11 is 0. The van der Waals surface area contributed by atoms with E-state index in [4.69, 9.17) is 4.74 Å². The Kier molecular flexibility index (Phi) is 1.91. The highest BCUT2D eigenvalue weighted by Crippen LogP contribution is 2.18.